The molecule has 3 nitrogen and oxygen atoms in total. The molecule has 0 aliphatic carbocycles. The lowest BCUT2D eigenvalue weighted by Gasteiger charge is -2.29. The first kappa shape index (κ1) is 19.7. The van der Waals surface area contributed by atoms with Gasteiger partial charge in [-0.1, -0.05) is 62.3 Å². The normalized spacial score (nSPS) is 12.9. The third-order valence-corrected chi connectivity index (χ3v) is 13.8. The first-order valence-electron chi connectivity index (χ1n) is 11.9. The Hall–Kier alpha value is -2.98. The predicted molar refractivity (Wildman–Crippen MR) is 139 cm³/mol. The van der Waals surface area contributed by atoms with E-state index in [1.165, 1.54) is 67.3 Å². The van der Waals surface area contributed by atoms with Gasteiger partial charge in [0.25, 0.3) is 0 Å². The molecule has 4 heteroatoms. The van der Waals surface area contributed by atoms with Crippen LogP contribution in [0.4, 0.5) is 0 Å². The van der Waals surface area contributed by atoms with Gasteiger partial charge in [-0.3, -0.25) is 4.98 Å². The van der Waals surface area contributed by atoms with Crippen molar-refractivity contribution in [1.29, 1.82) is 0 Å². The molecule has 0 saturated heterocycles. The molecule has 6 aromatic rings. The Balaban J connectivity index is 1.98. The van der Waals surface area contributed by atoms with E-state index in [1.54, 1.807) is 5.19 Å². The van der Waals surface area contributed by atoms with Crippen LogP contribution in [-0.4, -0.2) is 17.5 Å². The first-order chi connectivity index (χ1) is 15.5. The fourth-order valence-corrected chi connectivity index (χ4v) is 9.83. The minimum absolute atomic E-state index is 1.10. The average Bonchev–Trinajstić information content (AvgIpc) is 3.16. The van der Waals surface area contributed by atoms with Gasteiger partial charge < -0.3 is 4.40 Å². The summed E-state index contributed by atoms with van der Waals surface area (Å²) < 4.78 is 4.82. The number of benzene rings is 2. The van der Waals surface area contributed by atoms with Crippen molar-refractivity contribution in [2.24, 2.45) is 7.05 Å². The number of hydrogen-bond acceptors (Lipinski definition) is 1. The Morgan fingerprint density at radius 2 is 1.72 bits per heavy atom. The molecule has 0 radical (unpaired) electrons. The molecule has 0 saturated carbocycles. The van der Waals surface area contributed by atoms with Crippen LogP contribution in [0.1, 0.15) is 26.3 Å². The summed E-state index contributed by atoms with van der Waals surface area (Å²) in [6, 6.07) is 20.1. The maximum Gasteiger partial charge on any atom is 0.224 e. The highest BCUT2D eigenvalue weighted by Gasteiger charge is 2.31. The molecule has 0 unspecified atom stereocenters. The van der Waals surface area contributed by atoms with Crippen molar-refractivity contribution in [3.8, 4) is 0 Å². The van der Waals surface area contributed by atoms with Crippen molar-refractivity contribution in [3.63, 3.8) is 0 Å². The summed E-state index contributed by atoms with van der Waals surface area (Å²) >= 11 is 0. The zero-order chi connectivity index (χ0) is 22.2. The van der Waals surface area contributed by atoms with Gasteiger partial charge in [-0.25, -0.2) is 4.57 Å². The van der Waals surface area contributed by atoms with E-state index < -0.39 is 8.07 Å². The van der Waals surface area contributed by atoms with Crippen molar-refractivity contribution in [2.45, 2.75) is 45.8 Å². The SMILES string of the molecule is CC[Si](CC)(CC)c1cc2cc[n+](C)c3c4c(C)ccc5c6ncccc6n(c(c1)c23)c54. The lowest BCUT2D eigenvalue weighted by atomic mass is 10.0. The maximum atomic E-state index is 4.83. The first-order valence-corrected chi connectivity index (χ1v) is 14.5. The van der Waals surface area contributed by atoms with Gasteiger partial charge >= 0.3 is 0 Å². The summed E-state index contributed by atoms with van der Waals surface area (Å²) in [5.74, 6) is 0. The third kappa shape index (κ3) is 2.31. The highest BCUT2D eigenvalue weighted by Crippen LogP contribution is 2.40. The number of rotatable bonds is 4. The highest BCUT2D eigenvalue weighted by atomic mass is 28.3. The molecule has 2 aromatic carbocycles. The van der Waals surface area contributed by atoms with Crippen LogP contribution in [0.15, 0.2) is 54.9 Å². The Kier molecular flexibility index (Phi) is 4.16. The summed E-state index contributed by atoms with van der Waals surface area (Å²) in [5.41, 5.74) is 7.60. The molecule has 0 aliphatic heterocycles. The van der Waals surface area contributed by atoms with Gasteiger partial charge in [0.05, 0.1) is 40.9 Å². The van der Waals surface area contributed by atoms with Crippen LogP contribution in [-0.2, 0) is 7.05 Å². The number of aryl methyl sites for hydroxylation is 2. The summed E-state index contributed by atoms with van der Waals surface area (Å²) in [6.07, 6.45) is 4.17. The molecule has 4 aromatic heterocycles. The van der Waals surface area contributed by atoms with Crippen molar-refractivity contribution in [3.05, 3.63) is 60.4 Å². The van der Waals surface area contributed by atoms with Crippen LogP contribution in [0.2, 0.25) is 18.1 Å². The molecule has 0 N–H and O–H groups in total. The molecule has 32 heavy (non-hydrogen) atoms. The van der Waals surface area contributed by atoms with Crippen molar-refractivity contribution in [2.75, 3.05) is 0 Å². The third-order valence-electron chi connectivity index (χ3n) is 8.23. The van der Waals surface area contributed by atoms with Crippen LogP contribution in [0.5, 0.6) is 0 Å². The standard InChI is InChI=1S/C28H30N3Si/c1-6-32(7-2,8-3)20-16-19-13-15-30(5)28-24-18(4)11-12-21-26-22(10-9-14-29-26)31(27(21)24)23(17-20)25(19)28/h9-17H,6-8H2,1-5H3/q+1. The summed E-state index contributed by atoms with van der Waals surface area (Å²) in [6.45, 7) is 9.44. The predicted octanol–water partition coefficient (Wildman–Crippen LogP) is 6.23. The zero-order valence-corrected chi connectivity index (χ0v) is 20.7. The molecule has 0 atom stereocenters. The topological polar surface area (TPSA) is 21.2 Å². The van der Waals surface area contributed by atoms with Crippen LogP contribution < -0.4 is 9.75 Å². The second-order valence-corrected chi connectivity index (χ2v) is 14.7. The van der Waals surface area contributed by atoms with E-state index in [0.29, 0.717) is 0 Å². The largest absolute Gasteiger partial charge is 0.306 e. The van der Waals surface area contributed by atoms with Crippen molar-refractivity contribution in [1.82, 2.24) is 9.38 Å². The van der Waals surface area contributed by atoms with Crippen molar-refractivity contribution < 1.29 is 4.57 Å². The molecule has 0 bridgehead atoms. The van der Waals surface area contributed by atoms with Crippen LogP contribution in [0, 0.1) is 6.92 Å². The second-order valence-electron chi connectivity index (χ2n) is 9.44. The Bertz CT molecular complexity index is 1650. The number of fused-ring (bicyclic) bond motifs is 5. The summed E-state index contributed by atoms with van der Waals surface area (Å²) in [5, 5.41) is 6.93. The van der Waals surface area contributed by atoms with E-state index >= 15 is 0 Å². The van der Waals surface area contributed by atoms with Crippen LogP contribution >= 0.6 is 0 Å². The second kappa shape index (κ2) is 6.76. The van der Waals surface area contributed by atoms with Gasteiger partial charge in [-0.2, -0.15) is 0 Å². The quantitative estimate of drug-likeness (QED) is 0.139. The number of hydrogen-bond donors (Lipinski definition) is 0. The average molecular weight is 437 g/mol. The molecule has 0 fully saturated rings. The maximum absolute atomic E-state index is 4.83. The molecule has 160 valence electrons. The van der Waals surface area contributed by atoms with E-state index in [-0.39, 0.29) is 0 Å². The Labute approximate surface area is 189 Å². The molecular formula is C28H30N3Si+. The molecule has 0 aliphatic rings. The van der Waals surface area contributed by atoms with Gasteiger partial charge in [0.2, 0.25) is 5.52 Å². The Morgan fingerprint density at radius 1 is 0.938 bits per heavy atom. The summed E-state index contributed by atoms with van der Waals surface area (Å²) in [4.78, 5) is 4.83. The number of pyridine rings is 3. The van der Waals surface area contributed by atoms with Gasteiger partial charge in [0.1, 0.15) is 7.05 Å². The smallest absolute Gasteiger partial charge is 0.224 e. The molecule has 0 amide bonds. The fraction of sp³-hybridized carbons (Fsp3) is 0.286. The van der Waals surface area contributed by atoms with E-state index in [1.807, 2.05) is 6.20 Å². The number of aromatic nitrogens is 3. The van der Waals surface area contributed by atoms with E-state index in [9.17, 15) is 0 Å². The number of nitrogens with zero attached hydrogens (tertiary/aromatic N) is 3. The van der Waals surface area contributed by atoms with Gasteiger partial charge in [-0.05, 0) is 36.1 Å². The van der Waals surface area contributed by atoms with Crippen LogP contribution in [0.3, 0.4) is 0 Å². The molecule has 6 rings (SSSR count). The van der Waals surface area contributed by atoms with Gasteiger partial charge in [0, 0.05) is 17.6 Å². The monoisotopic (exact) mass is 436 g/mol. The minimum Gasteiger partial charge on any atom is -0.306 e. The summed E-state index contributed by atoms with van der Waals surface area (Å²) in [7, 11) is 0.651. The Morgan fingerprint density at radius 3 is 2.47 bits per heavy atom. The minimum atomic E-state index is -1.53. The van der Waals surface area contributed by atoms with Gasteiger partial charge in [0.15, 0.2) is 6.20 Å². The van der Waals surface area contributed by atoms with E-state index in [4.69, 9.17) is 4.98 Å². The lowest BCUT2D eigenvalue weighted by molar-refractivity contribution is -0.643. The van der Waals surface area contributed by atoms with E-state index in [2.05, 4.69) is 92.4 Å². The molecule has 4 heterocycles. The molecular weight excluding hydrogens is 406 g/mol. The van der Waals surface area contributed by atoms with Gasteiger partial charge in [-0.15, -0.1) is 0 Å². The zero-order valence-electron chi connectivity index (χ0n) is 19.7. The highest BCUT2D eigenvalue weighted by molar-refractivity contribution is 6.92. The molecule has 0 spiro atoms. The van der Waals surface area contributed by atoms with E-state index in [0.717, 1.165) is 5.52 Å². The van der Waals surface area contributed by atoms with Crippen molar-refractivity contribution >= 4 is 62.4 Å². The fourth-order valence-electron chi connectivity index (χ4n) is 6.20. The van der Waals surface area contributed by atoms with Crippen LogP contribution in [0.25, 0.3) is 49.1 Å². The lowest BCUT2D eigenvalue weighted by Crippen LogP contribution is -2.45.